The Labute approximate surface area is 161 Å². The van der Waals surface area contributed by atoms with E-state index in [4.69, 9.17) is 4.74 Å². The van der Waals surface area contributed by atoms with Crippen LogP contribution in [0.15, 0.2) is 58.6 Å². The molecule has 1 aromatic carbocycles. The first kappa shape index (κ1) is 19.3. The molecule has 8 heteroatoms. The Morgan fingerprint density at radius 1 is 1.36 bits per heavy atom. The van der Waals surface area contributed by atoms with Crippen LogP contribution in [0.2, 0.25) is 0 Å². The molecule has 1 aliphatic carbocycles. The van der Waals surface area contributed by atoms with Gasteiger partial charge in [0.1, 0.15) is 5.57 Å². The van der Waals surface area contributed by atoms with Gasteiger partial charge < -0.3 is 14.7 Å². The molecular weight excluding hydrogens is 364 g/mol. The van der Waals surface area contributed by atoms with E-state index in [1.807, 2.05) is 50.1 Å². The number of anilines is 1. The van der Waals surface area contributed by atoms with Crippen LogP contribution in [0.3, 0.4) is 0 Å². The second-order valence-corrected chi connectivity index (χ2v) is 7.02. The van der Waals surface area contributed by atoms with Crippen LogP contribution in [0.4, 0.5) is 5.69 Å². The fourth-order valence-electron chi connectivity index (χ4n) is 3.66. The molecule has 1 aromatic rings. The number of aliphatic hydroxyl groups is 1. The van der Waals surface area contributed by atoms with Gasteiger partial charge in [-0.2, -0.15) is 0 Å². The Morgan fingerprint density at radius 3 is 2.57 bits per heavy atom. The number of allylic oxidation sites excluding steroid dienone is 4. The van der Waals surface area contributed by atoms with Crippen LogP contribution in [-0.4, -0.2) is 35.4 Å². The Bertz CT molecular complexity index is 1000. The minimum absolute atomic E-state index is 0.0347. The average Bonchev–Trinajstić information content (AvgIpc) is 2.84. The molecule has 0 spiro atoms. The van der Waals surface area contributed by atoms with E-state index in [1.54, 1.807) is 0 Å². The van der Waals surface area contributed by atoms with E-state index < -0.39 is 39.1 Å². The van der Waals surface area contributed by atoms with Crippen LogP contribution < -0.4 is 4.90 Å². The summed E-state index contributed by atoms with van der Waals surface area (Å²) < 4.78 is 4.71. The van der Waals surface area contributed by atoms with E-state index in [0.717, 1.165) is 16.9 Å². The van der Waals surface area contributed by atoms with Gasteiger partial charge in [-0.1, -0.05) is 32.0 Å². The topological polar surface area (TPSA) is 110 Å². The molecule has 1 heterocycles. The van der Waals surface area contributed by atoms with Crippen LogP contribution in [0.1, 0.15) is 26.3 Å². The Kier molecular flexibility index (Phi) is 4.58. The molecule has 2 aliphatic rings. The normalized spacial score (nSPS) is 20.8. The highest BCUT2D eigenvalue weighted by Gasteiger charge is 2.46. The molecule has 8 nitrogen and oxygen atoms in total. The van der Waals surface area contributed by atoms with Crippen LogP contribution in [-0.2, 0) is 19.7 Å². The Balaban J connectivity index is 2.16. The van der Waals surface area contributed by atoms with Gasteiger partial charge in [-0.25, -0.2) is 4.79 Å². The van der Waals surface area contributed by atoms with Crippen molar-refractivity contribution in [3.8, 4) is 0 Å². The standard InChI is InChI=1S/C20H20N2O6/c1-5-28-19(25)16(22(26)27)15-11(17(23)18(15)24)10-14-20(2,3)12-8-6-7-9-13(12)21(14)4/h6-10,23H,5H2,1-4H3/b14-10?,16-15+. The molecule has 0 aromatic heterocycles. The smallest absolute Gasteiger partial charge is 0.410 e. The summed E-state index contributed by atoms with van der Waals surface area (Å²) in [6, 6.07) is 7.73. The second-order valence-electron chi connectivity index (χ2n) is 7.02. The van der Waals surface area contributed by atoms with Crippen molar-refractivity contribution in [3.05, 3.63) is 74.3 Å². The van der Waals surface area contributed by atoms with E-state index >= 15 is 0 Å². The van der Waals surface area contributed by atoms with Gasteiger partial charge in [0.2, 0.25) is 5.78 Å². The fourth-order valence-corrected chi connectivity index (χ4v) is 3.66. The molecule has 0 radical (unpaired) electrons. The number of ketones is 1. The number of nitrogens with zero attached hydrogens (tertiary/aromatic N) is 2. The lowest BCUT2D eigenvalue weighted by molar-refractivity contribution is -0.422. The number of likely N-dealkylation sites (N-methyl/N-ethyl adjacent to an activating group) is 1. The number of Topliss-reactive ketones (excluding diaryl/α,β-unsaturated/α-hetero) is 1. The van der Waals surface area contributed by atoms with E-state index in [0.29, 0.717) is 0 Å². The molecule has 1 N–H and O–H groups in total. The number of carbonyl (C=O) groups is 2. The third-order valence-corrected chi connectivity index (χ3v) is 5.08. The maximum atomic E-state index is 12.1. The van der Waals surface area contributed by atoms with Crippen molar-refractivity contribution in [2.75, 3.05) is 18.6 Å². The highest BCUT2D eigenvalue weighted by molar-refractivity contribution is 6.22. The second kappa shape index (κ2) is 6.63. The van der Waals surface area contributed by atoms with Gasteiger partial charge >= 0.3 is 11.7 Å². The number of nitro groups is 1. The Morgan fingerprint density at radius 2 is 2.00 bits per heavy atom. The molecule has 146 valence electrons. The number of rotatable bonds is 4. The van der Waals surface area contributed by atoms with E-state index in [2.05, 4.69) is 0 Å². The summed E-state index contributed by atoms with van der Waals surface area (Å²) in [4.78, 5) is 36.5. The number of hydrogen-bond acceptors (Lipinski definition) is 7. The number of hydrogen-bond donors (Lipinski definition) is 1. The molecule has 0 saturated heterocycles. The number of esters is 1. The van der Waals surface area contributed by atoms with Crippen molar-refractivity contribution in [2.24, 2.45) is 0 Å². The summed E-state index contributed by atoms with van der Waals surface area (Å²) in [6.45, 7) is 5.38. The lowest BCUT2D eigenvalue weighted by atomic mass is 9.79. The van der Waals surface area contributed by atoms with Gasteiger partial charge in [0.15, 0.2) is 5.76 Å². The van der Waals surface area contributed by atoms with Gasteiger partial charge in [-0.3, -0.25) is 14.9 Å². The van der Waals surface area contributed by atoms with Crippen molar-refractivity contribution in [3.63, 3.8) is 0 Å². The maximum Gasteiger partial charge on any atom is 0.410 e. The lowest BCUT2D eigenvalue weighted by Gasteiger charge is -2.27. The van der Waals surface area contributed by atoms with Gasteiger partial charge in [0.05, 0.1) is 11.5 Å². The maximum absolute atomic E-state index is 12.1. The molecule has 0 atom stereocenters. The van der Waals surface area contributed by atoms with Crippen LogP contribution in [0.25, 0.3) is 0 Å². The predicted molar refractivity (Wildman–Crippen MR) is 101 cm³/mol. The van der Waals surface area contributed by atoms with Gasteiger partial charge in [0.25, 0.3) is 0 Å². The molecule has 0 bridgehead atoms. The van der Waals surface area contributed by atoms with Crippen LogP contribution in [0.5, 0.6) is 0 Å². The fraction of sp³-hybridized carbons (Fsp3) is 0.300. The SMILES string of the molecule is CCOC(=O)/C(=C1\C(=O)C(O)=C1C=C1N(C)c2ccccc2C1(C)C)[N+](=O)[O-]. The molecule has 0 unspecified atom stereocenters. The average molecular weight is 384 g/mol. The van der Waals surface area contributed by atoms with Crippen molar-refractivity contribution >= 4 is 17.4 Å². The predicted octanol–water partition coefficient (Wildman–Crippen LogP) is 2.79. The third-order valence-electron chi connectivity index (χ3n) is 5.08. The summed E-state index contributed by atoms with van der Waals surface area (Å²) in [7, 11) is 1.83. The number of benzene rings is 1. The minimum Gasteiger partial charge on any atom is -0.504 e. The number of para-hydroxylation sites is 1. The van der Waals surface area contributed by atoms with Crippen molar-refractivity contribution in [1.82, 2.24) is 0 Å². The summed E-state index contributed by atoms with van der Waals surface area (Å²) in [5.41, 5.74) is 0.816. The van der Waals surface area contributed by atoms with Crippen molar-refractivity contribution < 1.29 is 24.4 Å². The molecule has 0 fully saturated rings. The van der Waals surface area contributed by atoms with Crippen LogP contribution in [0, 0.1) is 10.1 Å². The van der Waals surface area contributed by atoms with Gasteiger partial charge in [0, 0.05) is 29.4 Å². The lowest BCUT2D eigenvalue weighted by Crippen LogP contribution is -2.30. The number of aliphatic hydroxyl groups excluding tert-OH is 1. The number of carbonyl (C=O) groups excluding carboxylic acids is 2. The number of fused-ring (bicyclic) bond motifs is 1. The first-order valence-electron chi connectivity index (χ1n) is 8.72. The molecular formula is C20H20N2O6. The summed E-state index contributed by atoms with van der Waals surface area (Å²) in [5, 5.41) is 21.5. The molecule has 3 rings (SSSR count). The van der Waals surface area contributed by atoms with E-state index in [1.165, 1.54) is 13.0 Å². The molecule has 1 aliphatic heterocycles. The zero-order valence-electron chi connectivity index (χ0n) is 16.0. The van der Waals surface area contributed by atoms with Crippen molar-refractivity contribution in [1.29, 1.82) is 0 Å². The largest absolute Gasteiger partial charge is 0.504 e. The van der Waals surface area contributed by atoms with Crippen LogP contribution >= 0.6 is 0 Å². The quantitative estimate of drug-likeness (QED) is 0.368. The summed E-state index contributed by atoms with van der Waals surface area (Å²) >= 11 is 0. The first-order valence-corrected chi connectivity index (χ1v) is 8.72. The summed E-state index contributed by atoms with van der Waals surface area (Å²) in [5.74, 6) is -2.75. The molecule has 0 amide bonds. The molecule has 28 heavy (non-hydrogen) atoms. The van der Waals surface area contributed by atoms with Crippen molar-refractivity contribution in [2.45, 2.75) is 26.2 Å². The zero-order chi connectivity index (χ0) is 20.8. The zero-order valence-corrected chi connectivity index (χ0v) is 16.0. The monoisotopic (exact) mass is 384 g/mol. The molecule has 0 saturated carbocycles. The van der Waals surface area contributed by atoms with E-state index in [-0.39, 0.29) is 12.2 Å². The summed E-state index contributed by atoms with van der Waals surface area (Å²) in [6.07, 6.45) is 1.52. The number of ether oxygens (including phenoxy) is 1. The first-order chi connectivity index (χ1) is 13.1. The highest BCUT2D eigenvalue weighted by atomic mass is 16.6. The van der Waals surface area contributed by atoms with E-state index in [9.17, 15) is 24.8 Å². The third kappa shape index (κ3) is 2.69. The highest BCUT2D eigenvalue weighted by Crippen LogP contribution is 2.48. The minimum atomic E-state index is -1.21. The Hall–Kier alpha value is -3.42. The van der Waals surface area contributed by atoms with Gasteiger partial charge in [-0.15, -0.1) is 0 Å². The van der Waals surface area contributed by atoms with Gasteiger partial charge in [-0.05, 0) is 24.6 Å².